The van der Waals surface area contributed by atoms with Crippen molar-refractivity contribution in [3.05, 3.63) is 56.5 Å². The Hall–Kier alpha value is -2.93. The first kappa shape index (κ1) is 21.4. The standard InChI is InChI=1S/C21H16BrClN2O3/c1-4-7-28-20-11-17(22)14(9-19(20)27-3)8-15(12-24)21(26)25-16-6-5-13(2)18(23)10-16/h1,5-6,8-11H,7H2,2-3H3,(H,25,26)/b15-8-. The van der Waals surface area contributed by atoms with Crippen molar-refractivity contribution in [2.24, 2.45) is 0 Å². The summed E-state index contributed by atoms with van der Waals surface area (Å²) in [4.78, 5) is 12.5. The van der Waals surface area contributed by atoms with Gasteiger partial charge in [0, 0.05) is 15.2 Å². The van der Waals surface area contributed by atoms with Crippen LogP contribution in [0, 0.1) is 30.6 Å². The van der Waals surface area contributed by atoms with E-state index in [2.05, 4.69) is 27.2 Å². The summed E-state index contributed by atoms with van der Waals surface area (Å²) < 4.78 is 11.3. The van der Waals surface area contributed by atoms with Gasteiger partial charge >= 0.3 is 0 Å². The van der Waals surface area contributed by atoms with Gasteiger partial charge in [-0.3, -0.25) is 4.79 Å². The van der Waals surface area contributed by atoms with Gasteiger partial charge in [-0.05, 0) is 48.4 Å². The summed E-state index contributed by atoms with van der Waals surface area (Å²) >= 11 is 9.47. The Labute approximate surface area is 177 Å². The Morgan fingerprint density at radius 1 is 1.36 bits per heavy atom. The first-order chi connectivity index (χ1) is 13.4. The number of benzene rings is 2. The Balaban J connectivity index is 2.32. The molecule has 1 amide bonds. The third kappa shape index (κ3) is 5.29. The maximum Gasteiger partial charge on any atom is 0.266 e. The average molecular weight is 460 g/mol. The molecule has 0 aliphatic carbocycles. The largest absolute Gasteiger partial charge is 0.493 e. The second-order valence-electron chi connectivity index (χ2n) is 5.61. The lowest BCUT2D eigenvalue weighted by Gasteiger charge is -2.11. The zero-order chi connectivity index (χ0) is 20.7. The first-order valence-corrected chi connectivity index (χ1v) is 9.19. The topological polar surface area (TPSA) is 71.3 Å². The summed E-state index contributed by atoms with van der Waals surface area (Å²) in [5.41, 5.74) is 1.87. The second-order valence-corrected chi connectivity index (χ2v) is 6.87. The van der Waals surface area contributed by atoms with Gasteiger partial charge in [-0.15, -0.1) is 6.42 Å². The molecule has 0 fully saturated rings. The summed E-state index contributed by atoms with van der Waals surface area (Å²) in [6.45, 7) is 1.94. The van der Waals surface area contributed by atoms with Gasteiger partial charge in [-0.1, -0.05) is 39.5 Å². The van der Waals surface area contributed by atoms with E-state index in [1.54, 1.807) is 30.3 Å². The molecule has 0 spiro atoms. The number of carbonyl (C=O) groups is 1. The van der Waals surface area contributed by atoms with Gasteiger partial charge in [-0.2, -0.15) is 5.26 Å². The Kier molecular flexibility index (Phi) is 7.52. The highest BCUT2D eigenvalue weighted by Gasteiger charge is 2.14. The van der Waals surface area contributed by atoms with Crippen LogP contribution in [-0.2, 0) is 4.79 Å². The lowest BCUT2D eigenvalue weighted by atomic mass is 10.1. The fourth-order valence-corrected chi connectivity index (χ4v) is 2.84. The molecule has 1 N–H and O–H groups in total. The number of halogens is 2. The molecule has 28 heavy (non-hydrogen) atoms. The minimum atomic E-state index is -0.555. The zero-order valence-corrected chi connectivity index (χ0v) is 17.5. The first-order valence-electron chi connectivity index (χ1n) is 8.02. The van der Waals surface area contributed by atoms with Crippen LogP contribution < -0.4 is 14.8 Å². The third-order valence-corrected chi connectivity index (χ3v) is 4.78. The minimum absolute atomic E-state index is 0.0863. The van der Waals surface area contributed by atoms with Crippen LogP contribution in [0.15, 0.2) is 40.4 Å². The van der Waals surface area contributed by atoms with E-state index in [9.17, 15) is 10.1 Å². The number of terminal acetylenes is 1. The monoisotopic (exact) mass is 458 g/mol. The molecule has 2 rings (SSSR count). The van der Waals surface area contributed by atoms with E-state index in [1.807, 2.05) is 13.0 Å². The molecular weight excluding hydrogens is 444 g/mol. The van der Waals surface area contributed by atoms with Crippen molar-refractivity contribution >= 4 is 45.2 Å². The lowest BCUT2D eigenvalue weighted by molar-refractivity contribution is -0.112. The average Bonchev–Trinajstić information content (AvgIpc) is 2.68. The van der Waals surface area contributed by atoms with E-state index >= 15 is 0 Å². The number of hydrogen-bond acceptors (Lipinski definition) is 4. The van der Waals surface area contributed by atoms with E-state index in [1.165, 1.54) is 13.2 Å². The number of nitrogens with one attached hydrogen (secondary N) is 1. The fraction of sp³-hybridized carbons (Fsp3) is 0.143. The van der Waals surface area contributed by atoms with Crippen molar-refractivity contribution in [1.82, 2.24) is 0 Å². The van der Waals surface area contributed by atoms with Crippen LogP contribution in [0.25, 0.3) is 6.08 Å². The van der Waals surface area contributed by atoms with Crippen LogP contribution in [0.2, 0.25) is 5.02 Å². The normalized spacial score (nSPS) is 10.6. The number of carbonyl (C=O) groups excluding carboxylic acids is 1. The predicted octanol–water partition coefficient (Wildman–Crippen LogP) is 4.98. The number of methoxy groups -OCH3 is 1. The molecule has 5 nitrogen and oxygen atoms in total. The van der Waals surface area contributed by atoms with Gasteiger partial charge in [0.05, 0.1) is 7.11 Å². The van der Waals surface area contributed by atoms with Crippen LogP contribution >= 0.6 is 27.5 Å². The zero-order valence-electron chi connectivity index (χ0n) is 15.2. The predicted molar refractivity (Wildman–Crippen MR) is 113 cm³/mol. The number of nitriles is 1. The molecule has 0 heterocycles. The number of rotatable bonds is 6. The number of anilines is 1. The van der Waals surface area contributed by atoms with Crippen molar-refractivity contribution in [2.45, 2.75) is 6.92 Å². The molecule has 0 saturated carbocycles. The van der Waals surface area contributed by atoms with Crippen LogP contribution in [0.3, 0.4) is 0 Å². The lowest BCUT2D eigenvalue weighted by Crippen LogP contribution is -2.13. The molecule has 0 radical (unpaired) electrons. The highest BCUT2D eigenvalue weighted by Crippen LogP contribution is 2.34. The van der Waals surface area contributed by atoms with Gasteiger partial charge in [0.25, 0.3) is 5.91 Å². The molecule has 7 heteroatoms. The van der Waals surface area contributed by atoms with Gasteiger partial charge < -0.3 is 14.8 Å². The summed E-state index contributed by atoms with van der Waals surface area (Å²) in [5.74, 6) is 2.69. The van der Waals surface area contributed by atoms with Crippen molar-refractivity contribution in [2.75, 3.05) is 19.0 Å². The van der Waals surface area contributed by atoms with Crippen molar-refractivity contribution in [1.29, 1.82) is 5.26 Å². The molecule has 0 aromatic heterocycles. The molecule has 2 aromatic rings. The van der Waals surface area contributed by atoms with Crippen molar-refractivity contribution in [3.8, 4) is 29.9 Å². The molecule has 0 saturated heterocycles. The Bertz CT molecular complexity index is 1020. The molecule has 0 unspecified atom stereocenters. The highest BCUT2D eigenvalue weighted by molar-refractivity contribution is 9.10. The maximum absolute atomic E-state index is 12.5. The summed E-state index contributed by atoms with van der Waals surface area (Å²) in [7, 11) is 1.48. The molecular formula is C21H16BrClN2O3. The number of nitrogens with zero attached hydrogens (tertiary/aromatic N) is 1. The van der Waals surface area contributed by atoms with Crippen molar-refractivity contribution < 1.29 is 14.3 Å². The number of hydrogen-bond donors (Lipinski definition) is 1. The fourth-order valence-electron chi connectivity index (χ4n) is 2.23. The van der Waals surface area contributed by atoms with Crippen LogP contribution in [-0.4, -0.2) is 19.6 Å². The third-order valence-electron chi connectivity index (χ3n) is 3.69. The van der Waals surface area contributed by atoms with Crippen LogP contribution in [0.5, 0.6) is 11.5 Å². The van der Waals surface area contributed by atoms with E-state index in [0.717, 1.165) is 5.56 Å². The molecule has 142 valence electrons. The number of aryl methyl sites for hydroxylation is 1. The quantitative estimate of drug-likeness (QED) is 0.376. The van der Waals surface area contributed by atoms with E-state index in [4.69, 9.17) is 27.5 Å². The summed E-state index contributed by atoms with van der Waals surface area (Å²) in [6, 6.07) is 10.3. The van der Waals surface area contributed by atoms with Crippen LogP contribution in [0.4, 0.5) is 5.69 Å². The van der Waals surface area contributed by atoms with Crippen molar-refractivity contribution in [3.63, 3.8) is 0 Å². The molecule has 0 atom stereocenters. The van der Waals surface area contributed by atoms with E-state index < -0.39 is 5.91 Å². The molecule has 0 aliphatic rings. The highest BCUT2D eigenvalue weighted by atomic mass is 79.9. The summed E-state index contributed by atoms with van der Waals surface area (Å²) in [6.07, 6.45) is 6.66. The van der Waals surface area contributed by atoms with Gasteiger partial charge in [0.15, 0.2) is 11.5 Å². The van der Waals surface area contributed by atoms with E-state index in [0.29, 0.717) is 32.2 Å². The van der Waals surface area contributed by atoms with Gasteiger partial charge in [0.2, 0.25) is 0 Å². The Morgan fingerprint density at radius 2 is 2.11 bits per heavy atom. The number of amides is 1. The minimum Gasteiger partial charge on any atom is -0.493 e. The summed E-state index contributed by atoms with van der Waals surface area (Å²) in [5, 5.41) is 12.6. The maximum atomic E-state index is 12.5. The van der Waals surface area contributed by atoms with E-state index in [-0.39, 0.29) is 12.2 Å². The number of ether oxygens (including phenoxy) is 2. The van der Waals surface area contributed by atoms with Gasteiger partial charge in [0.1, 0.15) is 18.2 Å². The van der Waals surface area contributed by atoms with Crippen LogP contribution in [0.1, 0.15) is 11.1 Å². The van der Waals surface area contributed by atoms with Gasteiger partial charge in [-0.25, -0.2) is 0 Å². The molecule has 0 bridgehead atoms. The smallest absolute Gasteiger partial charge is 0.266 e. The molecule has 0 aliphatic heterocycles. The second kappa shape index (κ2) is 9.85. The Morgan fingerprint density at radius 3 is 2.71 bits per heavy atom. The molecule has 2 aromatic carbocycles. The SMILES string of the molecule is C#CCOc1cc(Br)c(/C=C(/C#N)C(=O)Nc2ccc(C)c(Cl)c2)cc1OC.